The van der Waals surface area contributed by atoms with Crippen molar-refractivity contribution in [3.63, 3.8) is 0 Å². The lowest BCUT2D eigenvalue weighted by Gasteiger charge is -2.14. The number of benzene rings is 2. The molecule has 0 bridgehead atoms. The van der Waals surface area contributed by atoms with E-state index in [1.807, 2.05) is 68.4 Å². The van der Waals surface area contributed by atoms with Crippen LogP contribution in [0.15, 0.2) is 66.9 Å². The number of carbonyl (C=O) groups excluding carboxylic acids is 1. The van der Waals surface area contributed by atoms with Gasteiger partial charge in [0.1, 0.15) is 5.69 Å². The Hall–Kier alpha value is -2.85. The van der Waals surface area contributed by atoms with E-state index in [4.69, 9.17) is 11.6 Å². The Morgan fingerprint density at radius 2 is 1.85 bits per heavy atom. The first kappa shape index (κ1) is 18.0. The van der Waals surface area contributed by atoms with Crippen molar-refractivity contribution in [2.24, 2.45) is 0 Å². The van der Waals surface area contributed by atoms with E-state index in [1.54, 1.807) is 12.3 Å². The summed E-state index contributed by atoms with van der Waals surface area (Å²) in [5.41, 5.74) is 4.21. The number of pyridine rings is 1. The second-order valence-electron chi connectivity index (χ2n) is 6.12. The van der Waals surface area contributed by atoms with Crippen molar-refractivity contribution >= 4 is 28.9 Å². The van der Waals surface area contributed by atoms with E-state index in [2.05, 4.69) is 15.6 Å². The molecule has 0 saturated heterocycles. The van der Waals surface area contributed by atoms with Crippen molar-refractivity contribution in [2.75, 3.05) is 5.32 Å². The van der Waals surface area contributed by atoms with Crippen LogP contribution in [0.4, 0.5) is 11.4 Å². The fourth-order valence-corrected chi connectivity index (χ4v) is 2.75. The summed E-state index contributed by atoms with van der Waals surface area (Å²) in [7, 11) is 0. The Morgan fingerprint density at radius 1 is 1.08 bits per heavy atom. The molecule has 0 spiro atoms. The maximum absolute atomic E-state index is 12.4. The number of carbonyl (C=O) groups is 1. The van der Waals surface area contributed by atoms with E-state index in [-0.39, 0.29) is 11.9 Å². The third kappa shape index (κ3) is 4.41. The van der Waals surface area contributed by atoms with Gasteiger partial charge in [0.15, 0.2) is 0 Å². The lowest BCUT2D eigenvalue weighted by molar-refractivity contribution is 0.0935. The summed E-state index contributed by atoms with van der Waals surface area (Å²) >= 11 is 6.04. The number of anilines is 2. The van der Waals surface area contributed by atoms with Crippen LogP contribution < -0.4 is 10.6 Å². The van der Waals surface area contributed by atoms with Gasteiger partial charge in [-0.05, 0) is 49.2 Å². The summed E-state index contributed by atoms with van der Waals surface area (Å²) < 4.78 is 0. The summed E-state index contributed by atoms with van der Waals surface area (Å²) in [6.45, 7) is 3.95. The van der Waals surface area contributed by atoms with Crippen LogP contribution in [-0.4, -0.2) is 10.9 Å². The average Bonchev–Trinajstić information content (AvgIpc) is 2.66. The Kier molecular flexibility index (Phi) is 5.54. The molecule has 0 fully saturated rings. The molecule has 1 aromatic heterocycles. The summed E-state index contributed by atoms with van der Waals surface area (Å²) in [5.74, 6) is -0.202. The molecule has 26 heavy (non-hydrogen) atoms. The molecule has 2 aromatic carbocycles. The number of nitrogens with one attached hydrogen (secondary N) is 2. The van der Waals surface area contributed by atoms with Crippen LogP contribution in [0.1, 0.15) is 34.6 Å². The van der Waals surface area contributed by atoms with Gasteiger partial charge in [0.2, 0.25) is 0 Å². The SMILES string of the molecule is Cc1ccc(Cl)cc1Nc1ccc(C(=O)NC(C)c2ccccc2)nc1. The molecule has 0 aliphatic rings. The predicted octanol–water partition coefficient (Wildman–Crippen LogP) is 5.28. The quantitative estimate of drug-likeness (QED) is 0.646. The van der Waals surface area contributed by atoms with E-state index in [9.17, 15) is 4.79 Å². The molecule has 1 unspecified atom stereocenters. The van der Waals surface area contributed by atoms with Crippen molar-refractivity contribution in [1.29, 1.82) is 0 Å². The maximum Gasteiger partial charge on any atom is 0.270 e. The van der Waals surface area contributed by atoms with Gasteiger partial charge in [-0.1, -0.05) is 48.0 Å². The first-order valence-electron chi connectivity index (χ1n) is 8.38. The summed E-state index contributed by atoms with van der Waals surface area (Å²) in [4.78, 5) is 16.7. The standard InChI is InChI=1S/C21H20ClN3O/c1-14-8-9-17(22)12-20(14)25-18-10-11-19(23-13-18)21(26)24-15(2)16-6-4-3-5-7-16/h3-13,15,25H,1-2H3,(H,24,26). The number of halogens is 1. The van der Waals surface area contributed by atoms with Crippen molar-refractivity contribution in [2.45, 2.75) is 19.9 Å². The minimum Gasteiger partial charge on any atom is -0.354 e. The second-order valence-corrected chi connectivity index (χ2v) is 6.56. The molecule has 3 rings (SSSR count). The van der Waals surface area contributed by atoms with Gasteiger partial charge in [-0.25, -0.2) is 4.98 Å². The van der Waals surface area contributed by atoms with Gasteiger partial charge in [-0.3, -0.25) is 4.79 Å². The van der Waals surface area contributed by atoms with Crippen molar-refractivity contribution in [1.82, 2.24) is 10.3 Å². The summed E-state index contributed by atoms with van der Waals surface area (Å²) in [5, 5.41) is 6.89. The number of hydrogen-bond donors (Lipinski definition) is 2. The second kappa shape index (κ2) is 8.02. The molecule has 0 aliphatic heterocycles. The van der Waals surface area contributed by atoms with Gasteiger partial charge in [0, 0.05) is 10.7 Å². The highest BCUT2D eigenvalue weighted by Crippen LogP contribution is 2.24. The highest BCUT2D eigenvalue weighted by atomic mass is 35.5. The zero-order chi connectivity index (χ0) is 18.5. The van der Waals surface area contributed by atoms with Crippen LogP contribution in [0.25, 0.3) is 0 Å². The van der Waals surface area contributed by atoms with E-state index in [1.165, 1.54) is 0 Å². The zero-order valence-electron chi connectivity index (χ0n) is 14.7. The van der Waals surface area contributed by atoms with Crippen LogP contribution in [-0.2, 0) is 0 Å². The van der Waals surface area contributed by atoms with Crippen molar-refractivity contribution in [3.05, 3.63) is 88.7 Å². The summed E-state index contributed by atoms with van der Waals surface area (Å²) in [6, 6.07) is 18.9. The highest BCUT2D eigenvalue weighted by Gasteiger charge is 2.12. The van der Waals surface area contributed by atoms with E-state index >= 15 is 0 Å². The normalized spacial score (nSPS) is 11.7. The van der Waals surface area contributed by atoms with Crippen LogP contribution in [0.5, 0.6) is 0 Å². The van der Waals surface area contributed by atoms with Gasteiger partial charge in [0.05, 0.1) is 17.9 Å². The molecule has 0 radical (unpaired) electrons. The van der Waals surface area contributed by atoms with Crippen molar-refractivity contribution < 1.29 is 4.79 Å². The Balaban J connectivity index is 1.67. The molecular formula is C21H20ClN3O. The van der Waals surface area contributed by atoms with Gasteiger partial charge in [-0.15, -0.1) is 0 Å². The predicted molar refractivity (Wildman–Crippen MR) is 106 cm³/mol. The number of rotatable bonds is 5. The third-order valence-corrected chi connectivity index (χ3v) is 4.36. The van der Waals surface area contributed by atoms with Gasteiger partial charge < -0.3 is 10.6 Å². The minimum absolute atomic E-state index is 0.0857. The van der Waals surface area contributed by atoms with Gasteiger partial charge >= 0.3 is 0 Å². The molecule has 0 saturated carbocycles. The van der Waals surface area contributed by atoms with E-state index in [0.29, 0.717) is 10.7 Å². The molecule has 1 atom stereocenters. The molecule has 1 amide bonds. The first-order chi connectivity index (χ1) is 12.5. The average molecular weight is 366 g/mol. The number of nitrogens with zero attached hydrogens (tertiary/aromatic N) is 1. The first-order valence-corrected chi connectivity index (χ1v) is 8.76. The van der Waals surface area contributed by atoms with Gasteiger partial charge in [-0.2, -0.15) is 0 Å². The number of amides is 1. The smallest absolute Gasteiger partial charge is 0.270 e. The third-order valence-electron chi connectivity index (χ3n) is 4.12. The minimum atomic E-state index is -0.202. The maximum atomic E-state index is 12.4. The van der Waals surface area contributed by atoms with Crippen LogP contribution in [0.2, 0.25) is 5.02 Å². The number of hydrogen-bond acceptors (Lipinski definition) is 3. The highest BCUT2D eigenvalue weighted by molar-refractivity contribution is 6.30. The topological polar surface area (TPSA) is 54.0 Å². The zero-order valence-corrected chi connectivity index (χ0v) is 15.4. The van der Waals surface area contributed by atoms with Crippen LogP contribution in [0, 0.1) is 6.92 Å². The fraction of sp³-hybridized carbons (Fsp3) is 0.143. The van der Waals surface area contributed by atoms with Crippen LogP contribution >= 0.6 is 11.6 Å². The van der Waals surface area contributed by atoms with Gasteiger partial charge in [0.25, 0.3) is 5.91 Å². The fourth-order valence-electron chi connectivity index (χ4n) is 2.58. The summed E-state index contributed by atoms with van der Waals surface area (Å²) in [6.07, 6.45) is 1.64. The number of aryl methyl sites for hydroxylation is 1. The largest absolute Gasteiger partial charge is 0.354 e. The lowest BCUT2D eigenvalue weighted by Crippen LogP contribution is -2.27. The molecule has 5 heteroatoms. The Labute approximate surface area is 158 Å². The monoisotopic (exact) mass is 365 g/mol. The Bertz CT molecular complexity index is 895. The lowest BCUT2D eigenvalue weighted by atomic mass is 10.1. The molecular weight excluding hydrogens is 346 g/mol. The molecule has 132 valence electrons. The van der Waals surface area contributed by atoms with Crippen molar-refractivity contribution in [3.8, 4) is 0 Å². The molecule has 2 N–H and O–H groups in total. The molecule has 4 nitrogen and oxygen atoms in total. The molecule has 0 aliphatic carbocycles. The molecule has 1 heterocycles. The molecule has 3 aromatic rings. The van der Waals surface area contributed by atoms with E-state index < -0.39 is 0 Å². The number of aromatic nitrogens is 1. The Morgan fingerprint density at radius 3 is 2.54 bits per heavy atom. The van der Waals surface area contributed by atoms with Crippen LogP contribution in [0.3, 0.4) is 0 Å². The van der Waals surface area contributed by atoms with E-state index in [0.717, 1.165) is 22.5 Å².